The molecule has 1 aliphatic carbocycles. The maximum atomic E-state index is 6.50. The number of pyridine rings is 1. The first-order valence-corrected chi connectivity index (χ1v) is 12.1. The Kier molecular flexibility index (Phi) is 4.89. The molecule has 5 nitrogen and oxygen atoms in total. The minimum absolute atomic E-state index is 0.0215. The normalized spacial score (nSPS) is 17.1. The van der Waals surface area contributed by atoms with E-state index in [4.69, 9.17) is 36.3 Å². The molecule has 0 fully saturated rings. The summed E-state index contributed by atoms with van der Waals surface area (Å²) in [6, 6.07) is 29.9. The van der Waals surface area contributed by atoms with Crippen LogP contribution in [0.25, 0.3) is 46.4 Å². The second-order valence-corrected chi connectivity index (χ2v) is 9.20. The topological polar surface area (TPSA) is 60.8 Å². The van der Waals surface area contributed by atoms with Crippen molar-refractivity contribution in [2.45, 2.75) is 12.0 Å². The fourth-order valence-corrected chi connectivity index (χ4v) is 5.08. The van der Waals surface area contributed by atoms with E-state index in [1.165, 1.54) is 5.22 Å². The van der Waals surface area contributed by atoms with Crippen LogP contribution in [0.4, 0.5) is 0 Å². The van der Waals surface area contributed by atoms with Gasteiger partial charge in [0.05, 0.1) is 0 Å². The summed E-state index contributed by atoms with van der Waals surface area (Å²) in [7, 11) is 0. The number of hydrogen-bond acceptors (Lipinski definition) is 5. The maximum Gasteiger partial charge on any atom is 0.182 e. The molecule has 0 saturated heterocycles. The average molecular weight is 487 g/mol. The lowest BCUT2D eigenvalue weighted by Crippen LogP contribution is -2.34. The first-order chi connectivity index (χ1) is 17.7. The summed E-state index contributed by atoms with van der Waals surface area (Å²) >= 11 is 6.50. The van der Waals surface area contributed by atoms with Gasteiger partial charge in [0.1, 0.15) is 22.7 Å². The van der Waals surface area contributed by atoms with Gasteiger partial charge in [0.25, 0.3) is 0 Å². The van der Waals surface area contributed by atoms with Gasteiger partial charge in [-0.15, -0.1) is 0 Å². The Morgan fingerprint density at radius 3 is 1.81 bits per heavy atom. The van der Waals surface area contributed by atoms with Crippen molar-refractivity contribution in [2.24, 2.45) is 0 Å². The van der Waals surface area contributed by atoms with E-state index in [-0.39, 0.29) is 12.0 Å². The van der Waals surface area contributed by atoms with Gasteiger partial charge in [-0.1, -0.05) is 103 Å². The van der Waals surface area contributed by atoms with Gasteiger partial charge >= 0.3 is 0 Å². The highest BCUT2D eigenvalue weighted by Crippen LogP contribution is 2.46. The highest BCUT2D eigenvalue weighted by atomic mass is 35.5. The van der Waals surface area contributed by atoms with Gasteiger partial charge in [-0.25, -0.2) is 19.9 Å². The molecule has 0 radical (unpaired) electrons. The standard InChI is InChI=1S/C30H19ClN4O/c31-25-17-24-26(22-15-20-13-7-8-14-21(20)16-23(22)36-24)27(32-25)30-34-28(18-9-3-1-4-10-18)33-29(35-30)19-11-5-2-6-12-19/h1-17,22-23H. The minimum Gasteiger partial charge on any atom is -0.485 e. The van der Waals surface area contributed by atoms with E-state index in [9.17, 15) is 0 Å². The number of ether oxygens (including phenoxy) is 1. The summed E-state index contributed by atoms with van der Waals surface area (Å²) < 4.78 is 6.36. The Bertz CT molecular complexity index is 1680. The average Bonchev–Trinajstić information content (AvgIpc) is 3.28. The summed E-state index contributed by atoms with van der Waals surface area (Å²) in [6.07, 6.45) is 4.26. The zero-order valence-corrected chi connectivity index (χ0v) is 19.8. The predicted molar refractivity (Wildman–Crippen MR) is 141 cm³/mol. The zero-order chi connectivity index (χ0) is 24.1. The Morgan fingerprint density at radius 2 is 1.17 bits per heavy atom. The van der Waals surface area contributed by atoms with Crippen LogP contribution in [-0.4, -0.2) is 26.0 Å². The van der Waals surface area contributed by atoms with Crippen LogP contribution in [0, 0.1) is 0 Å². The van der Waals surface area contributed by atoms with Gasteiger partial charge in [0.15, 0.2) is 17.5 Å². The minimum atomic E-state index is -0.141. The van der Waals surface area contributed by atoms with Crippen LogP contribution in [0.1, 0.15) is 11.5 Å². The highest BCUT2D eigenvalue weighted by molar-refractivity contribution is 6.29. The SMILES string of the molecule is Clc1cc2c(c(-c3nc(-c4ccccc4)nc(-c4ccccc4)n3)n1)C1C=c3ccccc3=CC1O2. The van der Waals surface area contributed by atoms with Crippen LogP contribution >= 0.6 is 11.6 Å². The molecule has 2 atom stereocenters. The summed E-state index contributed by atoms with van der Waals surface area (Å²) in [5, 5.41) is 2.66. The molecule has 1 aliphatic heterocycles. The van der Waals surface area contributed by atoms with Crippen LogP contribution in [-0.2, 0) is 0 Å². The lowest BCUT2D eigenvalue weighted by Gasteiger charge is -2.17. The van der Waals surface area contributed by atoms with E-state index in [1.807, 2.05) is 72.8 Å². The molecular formula is C30H19ClN4O. The van der Waals surface area contributed by atoms with Crippen molar-refractivity contribution in [3.05, 3.63) is 112 Å². The zero-order valence-electron chi connectivity index (χ0n) is 19.0. The van der Waals surface area contributed by atoms with E-state index < -0.39 is 0 Å². The smallest absolute Gasteiger partial charge is 0.182 e. The molecule has 7 rings (SSSR count). The first-order valence-electron chi connectivity index (χ1n) is 11.8. The molecule has 172 valence electrons. The van der Waals surface area contributed by atoms with Crippen molar-refractivity contribution >= 4 is 23.8 Å². The van der Waals surface area contributed by atoms with Crippen LogP contribution in [0.5, 0.6) is 5.75 Å². The molecule has 0 saturated carbocycles. The Labute approximate surface area is 212 Å². The third kappa shape index (κ3) is 3.56. The van der Waals surface area contributed by atoms with Crippen LogP contribution in [0.15, 0.2) is 91.0 Å². The number of halogens is 1. The highest BCUT2D eigenvalue weighted by Gasteiger charge is 2.37. The van der Waals surface area contributed by atoms with E-state index >= 15 is 0 Å². The van der Waals surface area contributed by atoms with Gasteiger partial charge in [0.2, 0.25) is 0 Å². The molecule has 6 heteroatoms. The molecule has 2 unspecified atom stereocenters. The molecule has 0 spiro atoms. The third-order valence-corrected chi connectivity index (χ3v) is 6.74. The maximum absolute atomic E-state index is 6.50. The molecule has 0 amide bonds. The Hall–Kier alpha value is -4.35. The van der Waals surface area contributed by atoms with Crippen LogP contribution < -0.4 is 15.2 Å². The fraction of sp³-hybridized carbons (Fsp3) is 0.0667. The summed E-state index contributed by atoms with van der Waals surface area (Å²) in [4.78, 5) is 19.3. The second kappa shape index (κ2) is 8.40. The van der Waals surface area contributed by atoms with Crippen molar-refractivity contribution in [3.63, 3.8) is 0 Å². The summed E-state index contributed by atoms with van der Waals surface area (Å²) in [5.41, 5.74) is 3.36. The molecule has 3 heterocycles. The number of nitrogens with zero attached hydrogens (tertiary/aromatic N) is 4. The third-order valence-electron chi connectivity index (χ3n) is 6.55. The number of fused-ring (bicyclic) bond motifs is 4. The second-order valence-electron chi connectivity index (χ2n) is 8.81. The number of hydrogen-bond donors (Lipinski definition) is 0. The molecule has 2 aliphatic rings. The molecule has 2 aromatic heterocycles. The quantitative estimate of drug-likeness (QED) is 0.334. The first kappa shape index (κ1) is 21.0. The molecule has 5 aromatic rings. The van der Waals surface area contributed by atoms with E-state index in [0.717, 1.165) is 21.9 Å². The lowest BCUT2D eigenvalue weighted by molar-refractivity contribution is 0.288. The van der Waals surface area contributed by atoms with Crippen molar-refractivity contribution < 1.29 is 4.74 Å². The van der Waals surface area contributed by atoms with Crippen molar-refractivity contribution in [2.75, 3.05) is 0 Å². The van der Waals surface area contributed by atoms with Gasteiger partial charge in [-0.2, -0.15) is 0 Å². The number of aromatic nitrogens is 4. The van der Waals surface area contributed by atoms with E-state index in [2.05, 4.69) is 24.3 Å². The number of benzene rings is 3. The largest absolute Gasteiger partial charge is 0.485 e. The Morgan fingerprint density at radius 1 is 0.611 bits per heavy atom. The van der Waals surface area contributed by atoms with E-state index in [1.54, 1.807) is 6.07 Å². The van der Waals surface area contributed by atoms with Crippen molar-refractivity contribution in [1.29, 1.82) is 0 Å². The van der Waals surface area contributed by atoms with Crippen molar-refractivity contribution in [1.82, 2.24) is 19.9 Å². The Balaban J connectivity index is 1.46. The number of rotatable bonds is 3. The van der Waals surface area contributed by atoms with Gasteiger partial charge in [-0.05, 0) is 16.5 Å². The predicted octanol–water partition coefficient (Wildman–Crippen LogP) is 5.04. The van der Waals surface area contributed by atoms with Gasteiger partial charge in [-0.3, -0.25) is 0 Å². The van der Waals surface area contributed by atoms with E-state index in [0.29, 0.717) is 34.1 Å². The van der Waals surface area contributed by atoms with Crippen LogP contribution in [0.3, 0.4) is 0 Å². The molecule has 36 heavy (non-hydrogen) atoms. The molecule has 0 N–H and O–H groups in total. The van der Waals surface area contributed by atoms with Crippen LogP contribution in [0.2, 0.25) is 5.15 Å². The fourth-order valence-electron chi connectivity index (χ4n) is 4.89. The monoisotopic (exact) mass is 486 g/mol. The summed E-state index contributed by atoms with van der Waals surface area (Å²) in [6.45, 7) is 0. The van der Waals surface area contributed by atoms with Crippen molar-refractivity contribution in [3.8, 4) is 40.0 Å². The molecule has 0 bridgehead atoms. The van der Waals surface area contributed by atoms with Gasteiger partial charge in [0, 0.05) is 28.7 Å². The lowest BCUT2D eigenvalue weighted by atomic mass is 9.89. The summed E-state index contributed by atoms with van der Waals surface area (Å²) in [5.74, 6) is 2.32. The molecular weight excluding hydrogens is 468 g/mol. The molecule has 3 aromatic carbocycles. The van der Waals surface area contributed by atoms with Gasteiger partial charge < -0.3 is 4.74 Å².